The van der Waals surface area contributed by atoms with Crippen LogP contribution in [0.25, 0.3) is 0 Å². The number of ether oxygens (including phenoxy) is 1. The summed E-state index contributed by atoms with van der Waals surface area (Å²) in [4.78, 5) is 18.6. The molecule has 0 fully saturated rings. The molecule has 2 aromatic rings. The maximum Gasteiger partial charge on any atom is 0.337 e. The molecule has 0 spiro atoms. The predicted molar refractivity (Wildman–Crippen MR) is 68.4 cm³/mol. The van der Waals surface area contributed by atoms with Gasteiger partial charge in [-0.25, -0.2) is 9.78 Å². The summed E-state index contributed by atoms with van der Waals surface area (Å²) in [5, 5.41) is 3.23. The van der Waals surface area contributed by atoms with Gasteiger partial charge < -0.3 is 15.0 Å². The number of rotatable bonds is 4. The molecule has 0 unspecified atom stereocenters. The van der Waals surface area contributed by atoms with Crippen LogP contribution in [-0.4, -0.2) is 23.0 Å². The minimum atomic E-state index is -0.337. The minimum Gasteiger partial charge on any atom is -0.465 e. The zero-order valence-electron chi connectivity index (χ0n) is 10.4. The van der Waals surface area contributed by atoms with E-state index in [1.165, 1.54) is 7.11 Å². The number of carbonyl (C=O) groups excluding carboxylic acids is 1. The molecule has 94 valence electrons. The number of nitrogens with one attached hydrogen (secondary N) is 2. The molecular weight excluding hydrogens is 230 g/mol. The average molecular weight is 245 g/mol. The summed E-state index contributed by atoms with van der Waals surface area (Å²) in [5.74, 6) is 0.508. The molecule has 5 nitrogen and oxygen atoms in total. The van der Waals surface area contributed by atoms with Crippen LogP contribution in [0.15, 0.2) is 30.6 Å². The van der Waals surface area contributed by atoms with Crippen LogP contribution in [0.2, 0.25) is 0 Å². The third-order valence-corrected chi connectivity index (χ3v) is 2.66. The largest absolute Gasteiger partial charge is 0.465 e. The van der Waals surface area contributed by atoms with Crippen LogP contribution in [0.1, 0.15) is 21.7 Å². The number of aromatic nitrogens is 2. The zero-order valence-corrected chi connectivity index (χ0v) is 10.4. The van der Waals surface area contributed by atoms with Gasteiger partial charge in [0.05, 0.1) is 19.2 Å². The Kier molecular flexibility index (Phi) is 3.62. The predicted octanol–water partition coefficient (Wildman–Crippen LogP) is 2.12. The van der Waals surface area contributed by atoms with Gasteiger partial charge >= 0.3 is 5.97 Å². The third kappa shape index (κ3) is 2.68. The summed E-state index contributed by atoms with van der Waals surface area (Å²) in [6.07, 6.45) is 3.48. The van der Waals surface area contributed by atoms with Gasteiger partial charge in [-0.2, -0.15) is 0 Å². The number of nitrogens with zero attached hydrogens (tertiary/aromatic N) is 1. The zero-order chi connectivity index (χ0) is 13.0. The van der Waals surface area contributed by atoms with E-state index in [0.29, 0.717) is 12.1 Å². The second-order valence-corrected chi connectivity index (χ2v) is 3.91. The first-order valence-corrected chi connectivity index (χ1v) is 5.62. The maximum absolute atomic E-state index is 11.4. The normalized spacial score (nSPS) is 10.1. The number of esters is 1. The van der Waals surface area contributed by atoms with E-state index in [1.807, 2.05) is 13.0 Å². The molecule has 0 radical (unpaired) electrons. The fourth-order valence-electron chi connectivity index (χ4n) is 1.63. The Balaban J connectivity index is 2.13. The van der Waals surface area contributed by atoms with Crippen molar-refractivity contribution in [3.8, 4) is 0 Å². The van der Waals surface area contributed by atoms with Crippen LogP contribution in [0.3, 0.4) is 0 Å². The first-order valence-electron chi connectivity index (χ1n) is 5.62. The first kappa shape index (κ1) is 12.2. The minimum absolute atomic E-state index is 0.337. The molecule has 1 aromatic heterocycles. The van der Waals surface area contributed by atoms with Crippen LogP contribution in [0.4, 0.5) is 5.69 Å². The van der Waals surface area contributed by atoms with Crippen molar-refractivity contribution in [2.24, 2.45) is 0 Å². The third-order valence-electron chi connectivity index (χ3n) is 2.66. The van der Waals surface area contributed by atoms with Crippen LogP contribution >= 0.6 is 0 Å². The molecule has 0 atom stereocenters. The summed E-state index contributed by atoms with van der Waals surface area (Å²) in [6.45, 7) is 2.56. The number of hydrogen-bond donors (Lipinski definition) is 2. The molecule has 0 aliphatic carbocycles. The summed E-state index contributed by atoms with van der Waals surface area (Å²) < 4.78 is 4.70. The molecular formula is C13H15N3O2. The maximum atomic E-state index is 11.4. The number of anilines is 1. The topological polar surface area (TPSA) is 67.0 Å². The molecule has 0 bridgehead atoms. The SMILES string of the molecule is COC(=O)c1ccc(C)c(NCc2ncc[nH]2)c1. The summed E-state index contributed by atoms with van der Waals surface area (Å²) in [5.41, 5.74) is 2.49. The number of imidazole rings is 1. The quantitative estimate of drug-likeness (QED) is 0.810. The van der Waals surface area contributed by atoms with Crippen molar-refractivity contribution in [1.29, 1.82) is 0 Å². The van der Waals surface area contributed by atoms with E-state index in [1.54, 1.807) is 24.5 Å². The monoisotopic (exact) mass is 245 g/mol. The molecule has 2 N–H and O–H groups in total. The summed E-state index contributed by atoms with van der Waals surface area (Å²) >= 11 is 0. The molecule has 0 amide bonds. The van der Waals surface area contributed by atoms with Gasteiger partial charge in [0.1, 0.15) is 5.82 Å². The summed E-state index contributed by atoms with van der Waals surface area (Å²) in [7, 11) is 1.37. The van der Waals surface area contributed by atoms with Crippen molar-refractivity contribution in [3.63, 3.8) is 0 Å². The fraction of sp³-hybridized carbons (Fsp3) is 0.231. The van der Waals surface area contributed by atoms with Crippen molar-refractivity contribution >= 4 is 11.7 Å². The van der Waals surface area contributed by atoms with Gasteiger partial charge in [0.2, 0.25) is 0 Å². The number of aryl methyl sites for hydroxylation is 1. The van der Waals surface area contributed by atoms with Crippen molar-refractivity contribution < 1.29 is 9.53 Å². The molecule has 0 saturated heterocycles. The van der Waals surface area contributed by atoms with Crippen molar-refractivity contribution in [3.05, 3.63) is 47.5 Å². The smallest absolute Gasteiger partial charge is 0.337 e. The van der Waals surface area contributed by atoms with Gasteiger partial charge in [0, 0.05) is 18.1 Å². The van der Waals surface area contributed by atoms with Gasteiger partial charge in [-0.3, -0.25) is 0 Å². The Hall–Kier alpha value is -2.30. The molecule has 18 heavy (non-hydrogen) atoms. The van der Waals surface area contributed by atoms with E-state index in [0.717, 1.165) is 17.1 Å². The number of methoxy groups -OCH3 is 1. The Morgan fingerprint density at radius 1 is 1.50 bits per heavy atom. The number of hydrogen-bond acceptors (Lipinski definition) is 4. The van der Waals surface area contributed by atoms with E-state index in [2.05, 4.69) is 15.3 Å². The van der Waals surface area contributed by atoms with Crippen LogP contribution in [0.5, 0.6) is 0 Å². The molecule has 2 rings (SSSR count). The second-order valence-electron chi connectivity index (χ2n) is 3.91. The van der Waals surface area contributed by atoms with Gasteiger partial charge in [-0.1, -0.05) is 6.07 Å². The van der Waals surface area contributed by atoms with E-state index < -0.39 is 0 Å². The van der Waals surface area contributed by atoms with Crippen molar-refractivity contribution in [2.45, 2.75) is 13.5 Å². The highest BCUT2D eigenvalue weighted by Crippen LogP contribution is 2.18. The van der Waals surface area contributed by atoms with E-state index in [4.69, 9.17) is 4.74 Å². The molecule has 0 aliphatic heterocycles. The number of benzene rings is 1. The Morgan fingerprint density at radius 3 is 3.00 bits per heavy atom. The van der Waals surface area contributed by atoms with Gasteiger partial charge in [0.15, 0.2) is 0 Å². The van der Waals surface area contributed by atoms with Crippen molar-refractivity contribution in [1.82, 2.24) is 9.97 Å². The highest BCUT2D eigenvalue weighted by atomic mass is 16.5. The number of H-pyrrole nitrogens is 1. The molecule has 1 heterocycles. The average Bonchev–Trinajstić information content (AvgIpc) is 2.90. The second kappa shape index (κ2) is 5.35. The molecule has 5 heteroatoms. The Bertz CT molecular complexity index is 535. The Morgan fingerprint density at radius 2 is 2.33 bits per heavy atom. The highest BCUT2D eigenvalue weighted by Gasteiger charge is 2.08. The molecule has 0 aliphatic rings. The van der Waals surface area contributed by atoms with Gasteiger partial charge in [0.25, 0.3) is 0 Å². The number of carbonyl (C=O) groups is 1. The van der Waals surface area contributed by atoms with Crippen LogP contribution in [0, 0.1) is 6.92 Å². The van der Waals surface area contributed by atoms with Gasteiger partial charge in [-0.05, 0) is 24.6 Å². The lowest BCUT2D eigenvalue weighted by atomic mass is 10.1. The van der Waals surface area contributed by atoms with Gasteiger partial charge in [-0.15, -0.1) is 0 Å². The van der Waals surface area contributed by atoms with E-state index in [-0.39, 0.29) is 5.97 Å². The van der Waals surface area contributed by atoms with Crippen LogP contribution < -0.4 is 5.32 Å². The fourth-order valence-corrected chi connectivity index (χ4v) is 1.63. The lowest BCUT2D eigenvalue weighted by Gasteiger charge is -2.09. The van der Waals surface area contributed by atoms with Crippen molar-refractivity contribution in [2.75, 3.05) is 12.4 Å². The lowest BCUT2D eigenvalue weighted by molar-refractivity contribution is 0.0601. The summed E-state index contributed by atoms with van der Waals surface area (Å²) in [6, 6.07) is 5.42. The first-order chi connectivity index (χ1) is 8.70. The molecule has 1 aromatic carbocycles. The van der Waals surface area contributed by atoms with E-state index in [9.17, 15) is 4.79 Å². The van der Waals surface area contributed by atoms with E-state index >= 15 is 0 Å². The number of aromatic amines is 1. The standard InChI is InChI=1S/C13H15N3O2/c1-9-3-4-10(13(17)18-2)7-11(9)16-8-12-14-5-6-15-12/h3-7,16H,8H2,1-2H3,(H,14,15). The Labute approximate surface area is 105 Å². The molecule has 0 saturated carbocycles. The highest BCUT2D eigenvalue weighted by molar-refractivity contribution is 5.90. The lowest BCUT2D eigenvalue weighted by Crippen LogP contribution is -2.06. The van der Waals surface area contributed by atoms with Crippen LogP contribution in [-0.2, 0) is 11.3 Å².